The fourth-order valence-corrected chi connectivity index (χ4v) is 3.03. The molecular formula is C17H21F2IN2O3. The second-order valence-corrected chi connectivity index (χ2v) is 8.12. The highest BCUT2D eigenvalue weighted by Gasteiger charge is 2.29. The Morgan fingerprint density at radius 2 is 2.00 bits per heavy atom. The fourth-order valence-electron chi connectivity index (χ4n) is 2.58. The molecule has 138 valence electrons. The number of amides is 2. The van der Waals surface area contributed by atoms with Crippen molar-refractivity contribution in [2.24, 2.45) is 0 Å². The number of piperidine rings is 1. The topological polar surface area (TPSA) is 58.6 Å². The van der Waals surface area contributed by atoms with E-state index in [2.05, 4.69) is 5.32 Å². The van der Waals surface area contributed by atoms with E-state index < -0.39 is 34.8 Å². The Balaban J connectivity index is 2.04. The van der Waals surface area contributed by atoms with Gasteiger partial charge in [-0.15, -0.1) is 0 Å². The zero-order valence-corrected chi connectivity index (χ0v) is 16.5. The second-order valence-electron chi connectivity index (χ2n) is 6.96. The number of carbonyl (C=O) groups excluding carboxylic acids is 2. The summed E-state index contributed by atoms with van der Waals surface area (Å²) in [5.74, 6) is -2.60. The molecule has 0 saturated carbocycles. The van der Waals surface area contributed by atoms with E-state index in [1.807, 2.05) is 0 Å². The van der Waals surface area contributed by atoms with E-state index in [4.69, 9.17) is 4.74 Å². The smallest absolute Gasteiger partial charge is 0.410 e. The maximum atomic E-state index is 14.1. The lowest BCUT2D eigenvalue weighted by molar-refractivity contribution is 0.0185. The monoisotopic (exact) mass is 466 g/mol. The molecule has 1 aromatic carbocycles. The lowest BCUT2D eigenvalue weighted by Gasteiger charge is -2.34. The van der Waals surface area contributed by atoms with Crippen LogP contribution in [0.4, 0.5) is 13.6 Å². The first-order chi connectivity index (χ1) is 11.6. The Hall–Kier alpha value is -1.45. The van der Waals surface area contributed by atoms with E-state index >= 15 is 0 Å². The summed E-state index contributed by atoms with van der Waals surface area (Å²) in [5.41, 5.74) is -1.21. The Morgan fingerprint density at radius 3 is 2.64 bits per heavy atom. The van der Waals surface area contributed by atoms with Crippen LogP contribution in [-0.2, 0) is 4.74 Å². The van der Waals surface area contributed by atoms with Crippen LogP contribution in [0.25, 0.3) is 0 Å². The van der Waals surface area contributed by atoms with Crippen LogP contribution in [0.15, 0.2) is 12.1 Å². The molecule has 1 unspecified atom stereocenters. The molecule has 1 aromatic rings. The van der Waals surface area contributed by atoms with Gasteiger partial charge in [-0.25, -0.2) is 13.6 Å². The molecule has 0 radical (unpaired) electrons. The highest BCUT2D eigenvalue weighted by atomic mass is 127. The number of halogens is 3. The van der Waals surface area contributed by atoms with E-state index in [0.717, 1.165) is 6.07 Å². The maximum Gasteiger partial charge on any atom is 0.410 e. The van der Waals surface area contributed by atoms with Crippen molar-refractivity contribution in [2.75, 3.05) is 13.1 Å². The Morgan fingerprint density at radius 1 is 1.32 bits per heavy atom. The first kappa shape index (κ1) is 19.9. The summed E-state index contributed by atoms with van der Waals surface area (Å²) in [5, 5.41) is 2.62. The van der Waals surface area contributed by atoms with Crippen molar-refractivity contribution < 1.29 is 23.1 Å². The molecule has 0 spiro atoms. The van der Waals surface area contributed by atoms with Crippen molar-refractivity contribution in [3.63, 3.8) is 0 Å². The minimum Gasteiger partial charge on any atom is -0.444 e. The zero-order chi connectivity index (χ0) is 18.8. The van der Waals surface area contributed by atoms with Gasteiger partial charge in [0.25, 0.3) is 5.91 Å². The normalized spacial score (nSPS) is 18.0. The molecule has 2 amide bonds. The van der Waals surface area contributed by atoms with Gasteiger partial charge < -0.3 is 15.0 Å². The molecule has 1 atom stereocenters. The number of hydrogen-bond donors (Lipinski definition) is 1. The molecule has 0 aliphatic carbocycles. The predicted molar refractivity (Wildman–Crippen MR) is 97.4 cm³/mol. The number of nitrogens with zero attached hydrogens (tertiary/aromatic N) is 1. The largest absolute Gasteiger partial charge is 0.444 e. The molecule has 1 heterocycles. The highest BCUT2D eigenvalue weighted by molar-refractivity contribution is 14.1. The van der Waals surface area contributed by atoms with E-state index in [1.54, 1.807) is 43.4 Å². The van der Waals surface area contributed by atoms with Crippen molar-refractivity contribution in [3.05, 3.63) is 32.9 Å². The van der Waals surface area contributed by atoms with E-state index in [1.165, 1.54) is 11.0 Å². The summed E-state index contributed by atoms with van der Waals surface area (Å²) in [6.45, 7) is 6.09. The SMILES string of the molecule is CC(C)(C)OC(=O)N1CCCC(NC(=O)c2c(F)ccc(I)c2F)C1. The molecule has 1 aliphatic rings. The summed E-state index contributed by atoms with van der Waals surface area (Å²) in [7, 11) is 0. The molecular weight excluding hydrogens is 445 g/mol. The van der Waals surface area contributed by atoms with Crippen molar-refractivity contribution in [1.82, 2.24) is 10.2 Å². The van der Waals surface area contributed by atoms with Gasteiger partial charge in [-0.1, -0.05) is 0 Å². The van der Waals surface area contributed by atoms with Gasteiger partial charge in [0.05, 0.1) is 0 Å². The van der Waals surface area contributed by atoms with Gasteiger partial charge in [-0.3, -0.25) is 4.79 Å². The molecule has 8 heteroatoms. The predicted octanol–water partition coefficient (Wildman–Crippen LogP) is 3.70. The van der Waals surface area contributed by atoms with Gasteiger partial charge in [0, 0.05) is 22.7 Å². The number of hydrogen-bond acceptors (Lipinski definition) is 3. The first-order valence-electron chi connectivity index (χ1n) is 8.01. The zero-order valence-electron chi connectivity index (χ0n) is 14.4. The van der Waals surface area contributed by atoms with Gasteiger partial charge >= 0.3 is 6.09 Å². The van der Waals surface area contributed by atoms with Gasteiger partial charge in [-0.05, 0) is 68.3 Å². The fraction of sp³-hybridized carbons (Fsp3) is 0.529. The van der Waals surface area contributed by atoms with Gasteiger partial charge in [-0.2, -0.15) is 0 Å². The second kappa shape index (κ2) is 7.84. The maximum absolute atomic E-state index is 14.1. The van der Waals surface area contributed by atoms with E-state index in [-0.39, 0.29) is 16.2 Å². The standard InChI is InChI=1S/C17H21F2IN2O3/c1-17(2,3)25-16(24)22-8-4-5-10(9-22)21-15(23)13-11(18)6-7-12(20)14(13)19/h6-7,10H,4-5,8-9H2,1-3H3,(H,21,23). The van der Waals surface area contributed by atoms with Gasteiger partial charge in [0.1, 0.15) is 17.0 Å². The van der Waals surface area contributed by atoms with Crippen LogP contribution < -0.4 is 5.32 Å². The summed E-state index contributed by atoms with van der Waals surface area (Å²) in [6.07, 6.45) is 0.831. The van der Waals surface area contributed by atoms with Crippen molar-refractivity contribution in [2.45, 2.75) is 45.3 Å². The van der Waals surface area contributed by atoms with Crippen LogP contribution in [0.2, 0.25) is 0 Å². The minimum absolute atomic E-state index is 0.170. The van der Waals surface area contributed by atoms with Crippen LogP contribution in [0.5, 0.6) is 0 Å². The third-order valence-electron chi connectivity index (χ3n) is 3.68. The summed E-state index contributed by atoms with van der Waals surface area (Å²) < 4.78 is 33.4. The Kier molecular flexibility index (Phi) is 6.23. The third kappa shape index (κ3) is 5.26. The van der Waals surface area contributed by atoms with Gasteiger partial charge in [0.2, 0.25) is 0 Å². The Labute approximate surface area is 159 Å². The number of ether oxygens (including phenoxy) is 1. The molecule has 5 nitrogen and oxygen atoms in total. The molecule has 1 N–H and O–H groups in total. The first-order valence-corrected chi connectivity index (χ1v) is 9.08. The number of nitrogens with one attached hydrogen (secondary N) is 1. The van der Waals surface area contributed by atoms with Crippen molar-refractivity contribution >= 4 is 34.6 Å². The third-order valence-corrected chi connectivity index (χ3v) is 4.51. The lowest BCUT2D eigenvalue weighted by Crippen LogP contribution is -2.50. The lowest BCUT2D eigenvalue weighted by atomic mass is 10.1. The van der Waals surface area contributed by atoms with Crippen LogP contribution >= 0.6 is 22.6 Å². The number of benzene rings is 1. The molecule has 0 bridgehead atoms. The van der Waals surface area contributed by atoms with Crippen molar-refractivity contribution in [1.29, 1.82) is 0 Å². The number of likely N-dealkylation sites (tertiary alicyclic amines) is 1. The summed E-state index contributed by atoms with van der Waals surface area (Å²) >= 11 is 1.70. The molecule has 1 fully saturated rings. The quantitative estimate of drug-likeness (QED) is 0.535. The minimum atomic E-state index is -0.907. The van der Waals surface area contributed by atoms with Gasteiger partial charge in [0.15, 0.2) is 5.82 Å². The number of rotatable bonds is 2. The average Bonchev–Trinajstić information content (AvgIpc) is 2.50. The number of carbonyl (C=O) groups is 2. The van der Waals surface area contributed by atoms with E-state index in [0.29, 0.717) is 19.4 Å². The summed E-state index contributed by atoms with van der Waals surface area (Å²) in [4.78, 5) is 25.9. The van der Waals surface area contributed by atoms with Crippen molar-refractivity contribution in [3.8, 4) is 0 Å². The van der Waals surface area contributed by atoms with Crippen LogP contribution in [0.1, 0.15) is 44.0 Å². The molecule has 1 aliphatic heterocycles. The highest BCUT2D eigenvalue weighted by Crippen LogP contribution is 2.20. The molecule has 2 rings (SSSR count). The van der Waals surface area contributed by atoms with Crippen LogP contribution in [0.3, 0.4) is 0 Å². The Bertz CT molecular complexity index is 677. The van der Waals surface area contributed by atoms with E-state index in [9.17, 15) is 18.4 Å². The average molecular weight is 466 g/mol. The van der Waals surface area contributed by atoms with Crippen LogP contribution in [0, 0.1) is 15.2 Å². The van der Waals surface area contributed by atoms with Crippen LogP contribution in [-0.4, -0.2) is 41.6 Å². The molecule has 1 saturated heterocycles. The molecule has 0 aromatic heterocycles. The molecule has 25 heavy (non-hydrogen) atoms. The summed E-state index contributed by atoms with van der Waals surface area (Å²) in [6, 6.07) is 1.95.